The van der Waals surface area contributed by atoms with Gasteiger partial charge in [-0.1, -0.05) is 64.4 Å². The van der Waals surface area contributed by atoms with Crippen molar-refractivity contribution in [1.82, 2.24) is 0 Å². The third-order valence-electron chi connectivity index (χ3n) is 4.17. The molecule has 0 unspecified atom stereocenters. The van der Waals surface area contributed by atoms with Gasteiger partial charge in [-0.3, -0.25) is 9.59 Å². The van der Waals surface area contributed by atoms with Gasteiger partial charge in [0.25, 0.3) is 6.47 Å². The molecular formula is C35H47NO8. The maximum absolute atomic E-state index is 11.6. The van der Waals surface area contributed by atoms with Crippen LogP contribution in [0, 0.1) is 0 Å². The summed E-state index contributed by atoms with van der Waals surface area (Å²) in [6.45, 7) is 27.2. The molecule has 2 rings (SSSR count). The molecule has 0 atom stereocenters. The van der Waals surface area contributed by atoms with E-state index in [0.29, 0.717) is 55.2 Å². The molecule has 0 bridgehead atoms. The normalized spacial score (nSPS) is 8.39. The van der Waals surface area contributed by atoms with Gasteiger partial charge < -0.3 is 24.3 Å². The first-order chi connectivity index (χ1) is 21.1. The first-order valence-electron chi connectivity index (χ1n) is 13.7. The Bertz CT molecular complexity index is 1140. The van der Waals surface area contributed by atoms with Gasteiger partial charge in [0.15, 0.2) is 0 Å². The summed E-state index contributed by atoms with van der Waals surface area (Å²) in [5.41, 5.74) is 1.66. The van der Waals surface area contributed by atoms with E-state index in [1.807, 2.05) is 51.1 Å². The molecule has 2 aromatic rings. The van der Waals surface area contributed by atoms with E-state index in [0.717, 1.165) is 12.1 Å². The number of allylic oxidation sites excluding steroid dienone is 3. The summed E-state index contributed by atoms with van der Waals surface area (Å²) in [6.07, 6.45) is 5.23. The van der Waals surface area contributed by atoms with E-state index < -0.39 is 5.97 Å². The number of nitrogens with one attached hydrogen (secondary N) is 1. The molecule has 1 N–H and O–H groups in total. The highest BCUT2D eigenvalue weighted by molar-refractivity contribution is 5.90. The molecule has 0 aliphatic rings. The number of ether oxygens (including phenoxy) is 4. The Hall–Kier alpha value is -5.18. The Labute approximate surface area is 262 Å². The van der Waals surface area contributed by atoms with Crippen LogP contribution in [0.1, 0.15) is 57.8 Å². The van der Waals surface area contributed by atoms with Crippen LogP contribution in [0.3, 0.4) is 0 Å². The fourth-order valence-corrected chi connectivity index (χ4v) is 2.30. The average Bonchev–Trinajstić information content (AvgIpc) is 3.01. The van der Waals surface area contributed by atoms with Crippen molar-refractivity contribution in [1.29, 1.82) is 0 Å². The summed E-state index contributed by atoms with van der Waals surface area (Å²) < 4.78 is 19.6. The van der Waals surface area contributed by atoms with E-state index in [4.69, 9.17) is 14.2 Å². The number of para-hydroxylation sites is 1. The van der Waals surface area contributed by atoms with Crippen molar-refractivity contribution in [2.75, 3.05) is 18.5 Å². The number of unbranched alkanes of at least 4 members (excludes halogenated alkanes) is 1. The molecular weight excluding hydrogens is 562 g/mol. The predicted octanol–water partition coefficient (Wildman–Crippen LogP) is 7.99. The summed E-state index contributed by atoms with van der Waals surface area (Å²) >= 11 is 0. The maximum atomic E-state index is 11.6. The fourth-order valence-electron chi connectivity index (χ4n) is 2.30. The molecule has 0 saturated heterocycles. The van der Waals surface area contributed by atoms with Crippen LogP contribution in [0.15, 0.2) is 117 Å². The number of amides is 1. The summed E-state index contributed by atoms with van der Waals surface area (Å²) in [5, 5.41) is 2.53. The van der Waals surface area contributed by atoms with Crippen LogP contribution in [-0.2, 0) is 28.6 Å². The van der Waals surface area contributed by atoms with Gasteiger partial charge in [-0.15, -0.1) is 6.58 Å². The number of carbonyl (C=O) groups excluding carboxylic acids is 4. The first kappa shape index (κ1) is 43.3. The van der Waals surface area contributed by atoms with Crippen molar-refractivity contribution in [3.8, 4) is 5.75 Å². The van der Waals surface area contributed by atoms with Gasteiger partial charge in [-0.2, -0.15) is 0 Å². The average molecular weight is 610 g/mol. The van der Waals surface area contributed by atoms with Crippen molar-refractivity contribution in [3.63, 3.8) is 0 Å². The van der Waals surface area contributed by atoms with Gasteiger partial charge in [0, 0.05) is 11.3 Å². The van der Waals surface area contributed by atoms with Gasteiger partial charge in [-0.05, 0) is 76.1 Å². The second-order valence-electron chi connectivity index (χ2n) is 8.01. The van der Waals surface area contributed by atoms with Crippen LogP contribution in [0.2, 0.25) is 0 Å². The monoisotopic (exact) mass is 609 g/mol. The molecule has 9 nitrogen and oxygen atoms in total. The van der Waals surface area contributed by atoms with Gasteiger partial charge in [-0.25, -0.2) is 9.59 Å². The fraction of sp³-hybridized carbons (Fsp3) is 0.257. The molecule has 0 fully saturated rings. The highest BCUT2D eigenvalue weighted by Gasteiger charge is 2.07. The lowest BCUT2D eigenvalue weighted by Crippen LogP contribution is -2.07. The van der Waals surface area contributed by atoms with E-state index in [1.54, 1.807) is 44.2 Å². The van der Waals surface area contributed by atoms with Gasteiger partial charge in [0.05, 0.1) is 24.5 Å². The van der Waals surface area contributed by atoms with Gasteiger partial charge >= 0.3 is 11.9 Å². The Morgan fingerprint density at radius 2 is 1.41 bits per heavy atom. The van der Waals surface area contributed by atoms with Crippen molar-refractivity contribution in [2.45, 2.75) is 47.5 Å². The zero-order chi connectivity index (χ0) is 34.2. The maximum Gasteiger partial charge on any atom is 0.343 e. The Balaban J connectivity index is -0.000000651. The minimum atomic E-state index is -0.441. The Morgan fingerprint density at radius 1 is 0.864 bits per heavy atom. The quantitative estimate of drug-likeness (QED) is 0.0335. The SMILES string of the molecule is C=C(C)OC(=O)c1ccc(OCCCCOC(=O)C(=C)C)cc1.C=CC.C=CC(=C)OC=O.CC.O=CNc1ccccc1. The number of anilines is 1. The van der Waals surface area contributed by atoms with Gasteiger partial charge in [0.2, 0.25) is 6.41 Å². The van der Waals surface area contributed by atoms with Crippen molar-refractivity contribution in [3.05, 3.63) is 122 Å². The standard InChI is InChI=1S/C18H22O5.C7H7NO.C5H6O2.C3H6.C2H6/c1-13(2)17(19)22-12-6-5-11-21-16-9-7-15(8-10-16)18(20)23-14(3)4;9-6-8-7-4-2-1-3-5-7;1-3-5(2)7-4-6;1-3-2;1-2/h7-10H,1,3,5-6,11-12H2,2,4H3;1-6H,(H,8,9);3-4H,1-2H2;3H,1H2,2H3;1-2H3. The molecule has 0 aromatic heterocycles. The van der Waals surface area contributed by atoms with E-state index in [9.17, 15) is 19.2 Å². The lowest BCUT2D eigenvalue weighted by Gasteiger charge is -2.08. The summed E-state index contributed by atoms with van der Waals surface area (Å²) in [4.78, 5) is 42.1. The number of carbonyl (C=O) groups is 4. The number of benzene rings is 2. The zero-order valence-electron chi connectivity index (χ0n) is 26.6. The van der Waals surface area contributed by atoms with Crippen molar-refractivity contribution in [2.24, 2.45) is 0 Å². The third kappa shape index (κ3) is 27.0. The number of rotatable bonds is 14. The highest BCUT2D eigenvalue weighted by Crippen LogP contribution is 2.14. The molecule has 0 aliphatic heterocycles. The molecule has 1 amide bonds. The lowest BCUT2D eigenvalue weighted by molar-refractivity contribution is -0.139. The van der Waals surface area contributed by atoms with Crippen LogP contribution in [0.4, 0.5) is 5.69 Å². The number of hydrogen-bond donors (Lipinski definition) is 1. The predicted molar refractivity (Wildman–Crippen MR) is 177 cm³/mol. The smallest absolute Gasteiger partial charge is 0.343 e. The van der Waals surface area contributed by atoms with Crippen LogP contribution < -0.4 is 10.1 Å². The van der Waals surface area contributed by atoms with Crippen LogP contribution in [0.25, 0.3) is 0 Å². The molecule has 240 valence electrons. The topological polar surface area (TPSA) is 117 Å². The van der Waals surface area contributed by atoms with Gasteiger partial charge in [0.1, 0.15) is 11.5 Å². The molecule has 2 aromatic carbocycles. The lowest BCUT2D eigenvalue weighted by atomic mass is 10.2. The van der Waals surface area contributed by atoms with E-state index in [2.05, 4.69) is 42.9 Å². The summed E-state index contributed by atoms with van der Waals surface area (Å²) in [6, 6.07) is 16.0. The second kappa shape index (κ2) is 30.8. The molecule has 0 spiro atoms. The second-order valence-corrected chi connectivity index (χ2v) is 8.01. The Kier molecular flexibility index (Phi) is 30.3. The summed E-state index contributed by atoms with van der Waals surface area (Å²) in [7, 11) is 0. The van der Waals surface area contributed by atoms with E-state index in [1.165, 1.54) is 6.08 Å². The number of esters is 2. The van der Waals surface area contributed by atoms with E-state index >= 15 is 0 Å². The summed E-state index contributed by atoms with van der Waals surface area (Å²) in [5.74, 6) is 0.472. The zero-order valence-corrected chi connectivity index (χ0v) is 26.6. The first-order valence-corrected chi connectivity index (χ1v) is 13.7. The van der Waals surface area contributed by atoms with Crippen LogP contribution in [-0.4, -0.2) is 38.0 Å². The van der Waals surface area contributed by atoms with Crippen molar-refractivity contribution < 1.29 is 38.1 Å². The number of hydrogen-bond acceptors (Lipinski definition) is 8. The molecule has 0 heterocycles. The Morgan fingerprint density at radius 3 is 1.84 bits per heavy atom. The molecule has 0 aliphatic carbocycles. The molecule has 44 heavy (non-hydrogen) atoms. The molecule has 0 radical (unpaired) electrons. The molecule has 0 saturated carbocycles. The van der Waals surface area contributed by atoms with Crippen LogP contribution >= 0.6 is 0 Å². The van der Waals surface area contributed by atoms with Crippen LogP contribution in [0.5, 0.6) is 5.75 Å². The molecule has 9 heteroatoms. The highest BCUT2D eigenvalue weighted by atomic mass is 16.5. The minimum Gasteiger partial charge on any atom is -0.494 e. The minimum absolute atomic E-state index is 0.273. The van der Waals surface area contributed by atoms with E-state index in [-0.39, 0.29) is 11.7 Å². The third-order valence-corrected chi connectivity index (χ3v) is 4.17. The van der Waals surface area contributed by atoms with Crippen molar-refractivity contribution >= 4 is 30.5 Å². The largest absolute Gasteiger partial charge is 0.494 e.